The Labute approximate surface area is 87.3 Å². The first kappa shape index (κ1) is 9.45. The van der Waals surface area contributed by atoms with Crippen LogP contribution in [0.15, 0.2) is 30.6 Å². The second-order valence-electron chi connectivity index (χ2n) is 3.28. The molecule has 2 aromatic rings. The van der Waals surface area contributed by atoms with Crippen molar-refractivity contribution in [1.82, 2.24) is 9.78 Å². The second-order valence-corrected chi connectivity index (χ2v) is 3.28. The quantitative estimate of drug-likeness (QED) is 0.785. The van der Waals surface area contributed by atoms with Gasteiger partial charge in [-0.25, -0.2) is 0 Å². The van der Waals surface area contributed by atoms with Gasteiger partial charge < -0.3 is 5.73 Å². The molecule has 0 atom stereocenters. The molecule has 2 N–H and O–H groups in total. The first-order chi connectivity index (χ1) is 7.16. The Balaban J connectivity index is 2.45. The van der Waals surface area contributed by atoms with Crippen LogP contribution in [0, 0.1) is 6.07 Å². The second kappa shape index (κ2) is 3.57. The fourth-order valence-corrected chi connectivity index (χ4v) is 1.35. The number of aryl methyl sites for hydroxylation is 1. The zero-order chi connectivity index (χ0) is 10.8. The van der Waals surface area contributed by atoms with E-state index in [1.807, 2.05) is 13.2 Å². The summed E-state index contributed by atoms with van der Waals surface area (Å²) in [6.45, 7) is 0. The standard InChI is InChI=1S/C11H10N3O/c1-14-7-10(6-13-14)8-3-2-4-9(5-8)11(12)15/h3-7H,1H3,(H2,12,15). The number of nitrogens with zero attached hydrogens (tertiary/aromatic N) is 2. The molecule has 0 aliphatic heterocycles. The molecule has 0 unspecified atom stereocenters. The highest BCUT2D eigenvalue weighted by Gasteiger charge is 2.04. The molecule has 1 amide bonds. The Morgan fingerprint density at radius 1 is 1.47 bits per heavy atom. The summed E-state index contributed by atoms with van der Waals surface area (Å²) in [5.74, 6) is -0.447. The van der Waals surface area contributed by atoms with Gasteiger partial charge in [-0.2, -0.15) is 5.10 Å². The molecule has 0 aliphatic carbocycles. The average Bonchev–Trinajstić information content (AvgIpc) is 2.65. The first-order valence-electron chi connectivity index (χ1n) is 4.47. The number of hydrogen-bond acceptors (Lipinski definition) is 2. The summed E-state index contributed by atoms with van der Waals surface area (Å²) in [4.78, 5) is 11.0. The highest BCUT2D eigenvalue weighted by atomic mass is 16.1. The molecule has 4 nitrogen and oxygen atoms in total. The predicted molar refractivity (Wildman–Crippen MR) is 56.0 cm³/mol. The number of rotatable bonds is 2. The molecule has 1 aromatic carbocycles. The van der Waals surface area contributed by atoms with Gasteiger partial charge in [-0.15, -0.1) is 0 Å². The van der Waals surface area contributed by atoms with E-state index < -0.39 is 5.91 Å². The molecule has 4 heteroatoms. The number of amides is 1. The molecule has 0 bridgehead atoms. The minimum atomic E-state index is -0.447. The van der Waals surface area contributed by atoms with Gasteiger partial charge >= 0.3 is 0 Å². The van der Waals surface area contributed by atoms with E-state index in [0.29, 0.717) is 5.56 Å². The van der Waals surface area contributed by atoms with E-state index >= 15 is 0 Å². The van der Waals surface area contributed by atoms with E-state index in [-0.39, 0.29) is 0 Å². The van der Waals surface area contributed by atoms with Crippen LogP contribution in [0.5, 0.6) is 0 Å². The van der Waals surface area contributed by atoms with Gasteiger partial charge in [-0.1, -0.05) is 0 Å². The average molecular weight is 200 g/mol. The van der Waals surface area contributed by atoms with Crippen LogP contribution in [0.25, 0.3) is 11.1 Å². The molecular formula is C11H10N3O. The van der Waals surface area contributed by atoms with Gasteiger partial charge in [0.1, 0.15) is 0 Å². The van der Waals surface area contributed by atoms with Crippen LogP contribution in [0.1, 0.15) is 10.4 Å². The van der Waals surface area contributed by atoms with E-state index in [4.69, 9.17) is 5.73 Å². The van der Waals surface area contributed by atoms with E-state index in [1.54, 1.807) is 29.1 Å². The Bertz CT molecular complexity index is 502. The number of carbonyl (C=O) groups is 1. The molecule has 15 heavy (non-hydrogen) atoms. The fraction of sp³-hybridized carbons (Fsp3) is 0.0909. The number of carbonyl (C=O) groups excluding carboxylic acids is 1. The lowest BCUT2D eigenvalue weighted by atomic mass is 10.1. The van der Waals surface area contributed by atoms with E-state index in [1.165, 1.54) is 0 Å². The van der Waals surface area contributed by atoms with Gasteiger partial charge in [0.25, 0.3) is 0 Å². The van der Waals surface area contributed by atoms with Crippen LogP contribution in [0.2, 0.25) is 0 Å². The molecule has 1 radical (unpaired) electrons. The number of primary amides is 1. The summed E-state index contributed by atoms with van der Waals surface area (Å²) in [5.41, 5.74) is 7.47. The normalized spacial score (nSPS) is 10.2. The summed E-state index contributed by atoms with van der Waals surface area (Å²) in [5, 5.41) is 4.05. The van der Waals surface area contributed by atoms with Gasteiger partial charge in [0.05, 0.1) is 6.20 Å². The maximum Gasteiger partial charge on any atom is 0.248 e. The lowest BCUT2D eigenvalue weighted by Crippen LogP contribution is -2.10. The van der Waals surface area contributed by atoms with Crippen LogP contribution in [-0.2, 0) is 7.05 Å². The summed E-state index contributed by atoms with van der Waals surface area (Å²) >= 11 is 0. The van der Waals surface area contributed by atoms with Gasteiger partial charge in [0, 0.05) is 24.4 Å². The van der Waals surface area contributed by atoms with Crippen LogP contribution >= 0.6 is 0 Å². The number of aromatic nitrogens is 2. The zero-order valence-electron chi connectivity index (χ0n) is 8.27. The van der Waals surface area contributed by atoms with Crippen molar-refractivity contribution >= 4 is 5.91 Å². The van der Waals surface area contributed by atoms with E-state index in [9.17, 15) is 4.79 Å². The third-order valence-corrected chi connectivity index (χ3v) is 2.11. The minimum absolute atomic E-state index is 0.447. The molecule has 75 valence electrons. The van der Waals surface area contributed by atoms with Crippen molar-refractivity contribution in [3.05, 3.63) is 42.2 Å². The fourth-order valence-electron chi connectivity index (χ4n) is 1.35. The number of hydrogen-bond donors (Lipinski definition) is 1. The molecule has 0 saturated heterocycles. The van der Waals surface area contributed by atoms with Crippen molar-refractivity contribution in [1.29, 1.82) is 0 Å². The summed E-state index contributed by atoms with van der Waals surface area (Å²) in [7, 11) is 1.84. The van der Waals surface area contributed by atoms with Crippen LogP contribution < -0.4 is 5.73 Å². The zero-order valence-corrected chi connectivity index (χ0v) is 8.27. The van der Waals surface area contributed by atoms with Crippen LogP contribution in [0.4, 0.5) is 0 Å². The Hall–Kier alpha value is -2.10. The third-order valence-electron chi connectivity index (χ3n) is 2.11. The summed E-state index contributed by atoms with van der Waals surface area (Å²) in [6, 6.07) is 7.98. The van der Waals surface area contributed by atoms with E-state index in [0.717, 1.165) is 11.1 Å². The molecule has 0 fully saturated rings. The highest BCUT2D eigenvalue weighted by molar-refractivity contribution is 5.94. The maximum atomic E-state index is 11.0. The van der Waals surface area contributed by atoms with Gasteiger partial charge in [0.2, 0.25) is 5.91 Å². The highest BCUT2D eigenvalue weighted by Crippen LogP contribution is 2.18. The molecule has 0 saturated carbocycles. The molecule has 2 rings (SSSR count). The molecule has 0 aliphatic rings. The first-order valence-corrected chi connectivity index (χ1v) is 4.47. The molecule has 1 heterocycles. The SMILES string of the molecule is Cn1cc(-c2c[c]cc(C(N)=O)c2)cn1. The maximum absolute atomic E-state index is 11.0. The Morgan fingerprint density at radius 2 is 2.27 bits per heavy atom. The molecule has 0 spiro atoms. The number of nitrogens with two attached hydrogens (primary N) is 1. The largest absolute Gasteiger partial charge is 0.366 e. The van der Waals surface area contributed by atoms with Gasteiger partial charge in [-0.3, -0.25) is 9.48 Å². The van der Waals surface area contributed by atoms with Gasteiger partial charge in [-0.05, 0) is 29.8 Å². The topological polar surface area (TPSA) is 60.9 Å². The van der Waals surface area contributed by atoms with E-state index in [2.05, 4.69) is 11.2 Å². The van der Waals surface area contributed by atoms with Crippen molar-refractivity contribution < 1.29 is 4.79 Å². The third kappa shape index (κ3) is 1.88. The van der Waals surface area contributed by atoms with Crippen molar-refractivity contribution in [2.24, 2.45) is 12.8 Å². The Kier molecular flexibility index (Phi) is 2.25. The van der Waals surface area contributed by atoms with Crippen LogP contribution in [0.3, 0.4) is 0 Å². The van der Waals surface area contributed by atoms with Gasteiger partial charge in [0.15, 0.2) is 0 Å². The number of benzene rings is 1. The monoisotopic (exact) mass is 200 g/mol. The smallest absolute Gasteiger partial charge is 0.248 e. The van der Waals surface area contributed by atoms with Crippen molar-refractivity contribution in [2.75, 3.05) is 0 Å². The van der Waals surface area contributed by atoms with Crippen molar-refractivity contribution in [3.63, 3.8) is 0 Å². The summed E-state index contributed by atoms with van der Waals surface area (Å²) in [6.07, 6.45) is 3.60. The van der Waals surface area contributed by atoms with Crippen LogP contribution in [-0.4, -0.2) is 15.7 Å². The lowest BCUT2D eigenvalue weighted by Gasteiger charge is -1.99. The molecule has 1 aromatic heterocycles. The minimum Gasteiger partial charge on any atom is -0.366 e. The predicted octanol–water partition coefficient (Wildman–Crippen LogP) is 0.986. The molecular weight excluding hydrogens is 190 g/mol. The lowest BCUT2D eigenvalue weighted by molar-refractivity contribution is 0.100. The van der Waals surface area contributed by atoms with Crippen molar-refractivity contribution in [3.8, 4) is 11.1 Å². The Morgan fingerprint density at radius 3 is 2.87 bits per heavy atom. The summed E-state index contributed by atoms with van der Waals surface area (Å²) < 4.78 is 1.70. The van der Waals surface area contributed by atoms with Crippen molar-refractivity contribution in [2.45, 2.75) is 0 Å².